The highest BCUT2D eigenvalue weighted by molar-refractivity contribution is 7.20. The molecule has 1 rings (SSSR count). The fourth-order valence-corrected chi connectivity index (χ4v) is 2.35. The molecule has 0 aromatic carbocycles. The molecule has 15 heavy (non-hydrogen) atoms. The van der Waals surface area contributed by atoms with Crippen LogP contribution in [0.2, 0.25) is 8.67 Å². The van der Waals surface area contributed by atoms with E-state index < -0.39 is 25.4 Å². The zero-order valence-corrected chi connectivity index (χ0v) is 9.63. The number of rotatable bonds is 5. The Balaban J connectivity index is 2.50. The zero-order valence-electron chi connectivity index (χ0n) is 7.31. The topological polar surface area (TPSA) is 26.3 Å². The Bertz CT molecular complexity index is 354. The molecule has 0 radical (unpaired) electrons. The van der Waals surface area contributed by atoms with Crippen molar-refractivity contribution < 1.29 is 18.3 Å². The number of thiophene rings is 1. The van der Waals surface area contributed by atoms with Crippen LogP contribution in [0.15, 0.2) is 6.07 Å². The zero-order chi connectivity index (χ0) is 11.4. The molecular formula is C8H6Cl2F2O2S. The fraction of sp³-hybridized carbons (Fsp3) is 0.375. The van der Waals surface area contributed by atoms with Gasteiger partial charge in [0.25, 0.3) is 6.43 Å². The van der Waals surface area contributed by atoms with E-state index >= 15 is 0 Å². The molecule has 0 fully saturated rings. The predicted octanol–water partition coefficient (Wildman–Crippen LogP) is 3.52. The SMILES string of the molecule is O=C(COCC(F)F)c1cc(Cl)sc1Cl. The van der Waals surface area contributed by atoms with Gasteiger partial charge >= 0.3 is 0 Å². The minimum atomic E-state index is -2.58. The molecule has 0 aliphatic carbocycles. The molecule has 1 heterocycles. The van der Waals surface area contributed by atoms with E-state index in [1.807, 2.05) is 0 Å². The molecule has 0 atom stereocenters. The van der Waals surface area contributed by atoms with Crippen LogP contribution >= 0.6 is 34.5 Å². The third kappa shape index (κ3) is 4.03. The number of carbonyl (C=O) groups is 1. The Labute approximate surface area is 98.7 Å². The number of alkyl halides is 2. The molecular weight excluding hydrogens is 269 g/mol. The third-order valence-electron chi connectivity index (χ3n) is 1.43. The van der Waals surface area contributed by atoms with Crippen molar-refractivity contribution in [3.63, 3.8) is 0 Å². The average Bonchev–Trinajstić information content (AvgIpc) is 2.44. The van der Waals surface area contributed by atoms with Crippen molar-refractivity contribution in [3.8, 4) is 0 Å². The largest absolute Gasteiger partial charge is 0.367 e. The molecule has 0 aliphatic rings. The van der Waals surface area contributed by atoms with E-state index in [1.54, 1.807) is 0 Å². The number of carbonyl (C=O) groups excluding carboxylic acids is 1. The van der Waals surface area contributed by atoms with Crippen LogP contribution in [-0.2, 0) is 4.74 Å². The molecule has 7 heteroatoms. The van der Waals surface area contributed by atoms with Gasteiger partial charge in [-0.3, -0.25) is 4.79 Å². The van der Waals surface area contributed by atoms with Crippen LogP contribution in [0.3, 0.4) is 0 Å². The van der Waals surface area contributed by atoms with Crippen LogP contribution in [0.5, 0.6) is 0 Å². The Morgan fingerprint density at radius 2 is 2.20 bits per heavy atom. The molecule has 1 aromatic heterocycles. The lowest BCUT2D eigenvalue weighted by molar-refractivity contribution is 0.0196. The van der Waals surface area contributed by atoms with Gasteiger partial charge in [0.2, 0.25) is 0 Å². The van der Waals surface area contributed by atoms with E-state index in [-0.39, 0.29) is 9.90 Å². The molecule has 0 saturated heterocycles. The summed E-state index contributed by atoms with van der Waals surface area (Å²) in [6.45, 7) is -1.18. The lowest BCUT2D eigenvalue weighted by Crippen LogP contribution is -2.12. The highest BCUT2D eigenvalue weighted by Gasteiger charge is 2.15. The number of Topliss-reactive ketones (excluding diaryl/α,β-unsaturated/α-hetero) is 1. The lowest BCUT2D eigenvalue weighted by atomic mass is 10.2. The van der Waals surface area contributed by atoms with Gasteiger partial charge in [-0.1, -0.05) is 23.2 Å². The highest BCUT2D eigenvalue weighted by atomic mass is 35.5. The Morgan fingerprint density at radius 1 is 1.53 bits per heavy atom. The van der Waals surface area contributed by atoms with Crippen molar-refractivity contribution in [2.75, 3.05) is 13.2 Å². The summed E-state index contributed by atoms with van der Waals surface area (Å²) in [7, 11) is 0. The van der Waals surface area contributed by atoms with Crippen LogP contribution in [-0.4, -0.2) is 25.4 Å². The number of hydrogen-bond donors (Lipinski definition) is 0. The summed E-state index contributed by atoms with van der Waals surface area (Å²) in [5.74, 6) is -0.455. The van der Waals surface area contributed by atoms with E-state index in [2.05, 4.69) is 4.74 Å². The van der Waals surface area contributed by atoms with E-state index in [9.17, 15) is 13.6 Å². The second-order valence-electron chi connectivity index (χ2n) is 2.57. The minimum absolute atomic E-state index is 0.209. The third-order valence-corrected chi connectivity index (χ3v) is 2.92. The maximum atomic E-state index is 11.7. The Morgan fingerprint density at radius 3 is 2.67 bits per heavy atom. The summed E-state index contributed by atoms with van der Waals surface area (Å²) >= 11 is 12.3. The van der Waals surface area contributed by atoms with Crippen molar-refractivity contribution in [2.24, 2.45) is 0 Å². The molecule has 0 unspecified atom stereocenters. The summed E-state index contributed by atoms with van der Waals surface area (Å²) in [4.78, 5) is 11.4. The first-order chi connectivity index (χ1) is 7.00. The van der Waals surface area contributed by atoms with Crippen molar-refractivity contribution in [2.45, 2.75) is 6.43 Å². The molecule has 0 bridgehead atoms. The Hall–Kier alpha value is -0.230. The number of ether oxygens (including phenoxy) is 1. The molecule has 0 amide bonds. The second-order valence-corrected chi connectivity index (χ2v) is 4.85. The molecule has 0 N–H and O–H groups in total. The minimum Gasteiger partial charge on any atom is -0.367 e. The predicted molar refractivity (Wildman–Crippen MR) is 55.5 cm³/mol. The first-order valence-electron chi connectivity index (χ1n) is 3.84. The summed E-state index contributed by atoms with van der Waals surface area (Å²) in [5.41, 5.74) is 0.209. The van der Waals surface area contributed by atoms with Gasteiger partial charge in [0.05, 0.1) is 9.90 Å². The van der Waals surface area contributed by atoms with Crippen molar-refractivity contribution in [3.05, 3.63) is 20.3 Å². The van der Waals surface area contributed by atoms with Crippen molar-refractivity contribution in [1.82, 2.24) is 0 Å². The van der Waals surface area contributed by atoms with E-state index in [0.717, 1.165) is 11.3 Å². The van der Waals surface area contributed by atoms with E-state index in [4.69, 9.17) is 23.2 Å². The van der Waals surface area contributed by atoms with Crippen LogP contribution in [0.1, 0.15) is 10.4 Å². The maximum absolute atomic E-state index is 11.7. The van der Waals surface area contributed by atoms with Crippen LogP contribution in [0, 0.1) is 0 Å². The van der Waals surface area contributed by atoms with Gasteiger partial charge in [-0.15, -0.1) is 11.3 Å². The second kappa shape index (κ2) is 5.75. The van der Waals surface area contributed by atoms with Gasteiger partial charge < -0.3 is 4.74 Å². The summed E-state index contributed by atoms with van der Waals surface area (Å²) in [6, 6.07) is 1.39. The van der Waals surface area contributed by atoms with Gasteiger partial charge in [0.15, 0.2) is 5.78 Å². The summed E-state index contributed by atoms with van der Waals surface area (Å²) in [6.07, 6.45) is -2.58. The van der Waals surface area contributed by atoms with Crippen LogP contribution < -0.4 is 0 Å². The van der Waals surface area contributed by atoms with Gasteiger partial charge in [-0.25, -0.2) is 8.78 Å². The Kier molecular flexibility index (Phi) is 4.92. The van der Waals surface area contributed by atoms with E-state index in [1.165, 1.54) is 6.07 Å². The smallest absolute Gasteiger partial charge is 0.261 e. The number of ketones is 1. The van der Waals surface area contributed by atoms with E-state index in [0.29, 0.717) is 4.34 Å². The highest BCUT2D eigenvalue weighted by Crippen LogP contribution is 2.31. The van der Waals surface area contributed by atoms with Gasteiger partial charge in [0.1, 0.15) is 17.6 Å². The summed E-state index contributed by atoms with van der Waals surface area (Å²) in [5, 5.41) is 0. The number of hydrogen-bond acceptors (Lipinski definition) is 3. The summed E-state index contributed by atoms with van der Waals surface area (Å²) < 4.78 is 28.5. The molecule has 84 valence electrons. The lowest BCUT2D eigenvalue weighted by Gasteiger charge is -2.01. The standard InChI is InChI=1S/C8H6Cl2F2O2S/c9-6-1-4(8(10)15-6)5(13)2-14-3-7(11)12/h1,7H,2-3H2. The first kappa shape index (κ1) is 12.8. The van der Waals surface area contributed by atoms with Crippen molar-refractivity contribution >= 4 is 40.3 Å². The first-order valence-corrected chi connectivity index (χ1v) is 5.42. The van der Waals surface area contributed by atoms with Crippen LogP contribution in [0.4, 0.5) is 8.78 Å². The maximum Gasteiger partial charge on any atom is 0.261 e. The average molecular weight is 275 g/mol. The van der Waals surface area contributed by atoms with Gasteiger partial charge in [0, 0.05) is 0 Å². The molecule has 0 spiro atoms. The molecule has 0 aliphatic heterocycles. The van der Waals surface area contributed by atoms with Crippen molar-refractivity contribution in [1.29, 1.82) is 0 Å². The monoisotopic (exact) mass is 274 g/mol. The van der Waals surface area contributed by atoms with Crippen LogP contribution in [0.25, 0.3) is 0 Å². The molecule has 1 aromatic rings. The molecule has 2 nitrogen and oxygen atoms in total. The number of halogens is 4. The van der Waals surface area contributed by atoms with Gasteiger partial charge in [-0.2, -0.15) is 0 Å². The normalized spacial score (nSPS) is 11.0. The molecule has 0 saturated carbocycles. The quantitative estimate of drug-likeness (QED) is 0.768. The van der Waals surface area contributed by atoms with Gasteiger partial charge in [-0.05, 0) is 6.07 Å². The fourth-order valence-electron chi connectivity index (χ4n) is 0.849.